The number of carbonyl (C=O) groups is 1. The van der Waals surface area contributed by atoms with Crippen molar-refractivity contribution in [2.45, 2.75) is 46.1 Å². The zero-order chi connectivity index (χ0) is 22.0. The van der Waals surface area contributed by atoms with E-state index in [1.54, 1.807) is 18.2 Å². The molecule has 5 nitrogen and oxygen atoms in total. The van der Waals surface area contributed by atoms with Gasteiger partial charge in [0.05, 0.1) is 6.42 Å². The fourth-order valence-corrected chi connectivity index (χ4v) is 3.74. The quantitative estimate of drug-likeness (QED) is 0.542. The molecule has 3 N–H and O–H groups in total. The molecule has 0 aliphatic carbocycles. The average molecular weight is 408 g/mol. The molecule has 3 rings (SSSR count). The van der Waals surface area contributed by atoms with Gasteiger partial charge in [0.1, 0.15) is 34.7 Å². The third kappa shape index (κ3) is 4.35. The van der Waals surface area contributed by atoms with E-state index in [0.717, 1.165) is 12.0 Å². The Morgan fingerprint density at radius 2 is 1.87 bits per heavy atom. The van der Waals surface area contributed by atoms with Crippen LogP contribution >= 0.6 is 0 Å². The van der Waals surface area contributed by atoms with Crippen LogP contribution in [0.1, 0.15) is 61.2 Å². The average Bonchev–Trinajstić information content (AvgIpc) is 2.66. The molecule has 0 amide bonds. The number of phenolic OH excluding ortho intramolecular Hbond substituents is 3. The first-order valence-electron chi connectivity index (χ1n) is 10.0. The summed E-state index contributed by atoms with van der Waals surface area (Å²) >= 11 is 0. The molecule has 158 valence electrons. The predicted molar refractivity (Wildman–Crippen MR) is 116 cm³/mol. The summed E-state index contributed by atoms with van der Waals surface area (Å²) in [5.74, 6) is -0.472. The molecule has 0 saturated heterocycles. The van der Waals surface area contributed by atoms with E-state index in [-0.39, 0.29) is 46.7 Å². The molecule has 2 aromatic rings. The summed E-state index contributed by atoms with van der Waals surface area (Å²) in [5, 5.41) is 31.1. The molecular formula is C25H28O5. The molecule has 1 heterocycles. The summed E-state index contributed by atoms with van der Waals surface area (Å²) in [6, 6.07) is 7.89. The van der Waals surface area contributed by atoms with Crippen LogP contribution in [0.15, 0.2) is 54.1 Å². The number of Topliss-reactive ketones (excluding diaryl/α,β-unsaturated/α-hetero) is 1. The van der Waals surface area contributed by atoms with Gasteiger partial charge in [-0.1, -0.05) is 42.0 Å². The van der Waals surface area contributed by atoms with Crippen molar-refractivity contribution in [1.82, 2.24) is 0 Å². The number of phenols is 3. The van der Waals surface area contributed by atoms with Crippen LogP contribution in [0.4, 0.5) is 0 Å². The normalized spacial score (nSPS) is 16.4. The SMILES string of the molecule is C=C(C)[C@@H](CC=C(C)C)Cc1c(O)cc(O)c2c1O[C@H](c1ccccc1O)CC2=O. The molecule has 5 heteroatoms. The standard InChI is InChI=1S/C25H28O5/c1-14(2)9-10-16(15(3)4)11-18-20(27)12-21(28)24-22(29)13-23(30-25(18)24)17-7-5-6-8-19(17)26/h5-9,12,16,23,26-28H,3,10-11,13H2,1-2,4H3/t16-,23-/m0/s1. The van der Waals surface area contributed by atoms with E-state index in [9.17, 15) is 20.1 Å². The summed E-state index contributed by atoms with van der Waals surface area (Å²) in [7, 11) is 0. The molecule has 0 radical (unpaired) electrons. The van der Waals surface area contributed by atoms with Gasteiger partial charge in [0.25, 0.3) is 0 Å². The molecule has 1 aliphatic rings. The highest BCUT2D eigenvalue weighted by Gasteiger charge is 2.35. The third-order valence-corrected chi connectivity index (χ3v) is 5.49. The van der Waals surface area contributed by atoms with Gasteiger partial charge >= 0.3 is 0 Å². The summed E-state index contributed by atoms with van der Waals surface area (Å²) in [4.78, 5) is 12.9. The Kier molecular flexibility index (Phi) is 6.20. The molecule has 0 unspecified atom stereocenters. The predicted octanol–water partition coefficient (Wildman–Crippen LogP) is 5.60. The zero-order valence-electron chi connectivity index (χ0n) is 17.6. The van der Waals surface area contributed by atoms with Gasteiger partial charge < -0.3 is 20.1 Å². The number of carbonyl (C=O) groups excluding carboxylic acids is 1. The largest absolute Gasteiger partial charge is 0.508 e. The van der Waals surface area contributed by atoms with Crippen molar-refractivity contribution in [2.75, 3.05) is 0 Å². The van der Waals surface area contributed by atoms with Crippen LogP contribution in [0, 0.1) is 5.92 Å². The van der Waals surface area contributed by atoms with Gasteiger partial charge in [0, 0.05) is 17.2 Å². The maximum absolute atomic E-state index is 12.9. The molecule has 0 aromatic heterocycles. The van der Waals surface area contributed by atoms with Gasteiger partial charge in [-0.25, -0.2) is 0 Å². The van der Waals surface area contributed by atoms with Gasteiger partial charge in [-0.05, 0) is 45.6 Å². The van der Waals surface area contributed by atoms with E-state index in [4.69, 9.17) is 4.74 Å². The number of rotatable bonds is 6. The Morgan fingerprint density at radius 1 is 1.17 bits per heavy atom. The summed E-state index contributed by atoms with van der Waals surface area (Å²) in [6.45, 7) is 10.1. The fraction of sp³-hybridized carbons (Fsp3) is 0.320. The van der Waals surface area contributed by atoms with Crippen molar-refractivity contribution < 1.29 is 24.9 Å². The maximum Gasteiger partial charge on any atom is 0.174 e. The number of ether oxygens (including phenoxy) is 1. The van der Waals surface area contributed by atoms with Crippen LogP contribution in [-0.4, -0.2) is 21.1 Å². The topological polar surface area (TPSA) is 87.0 Å². The van der Waals surface area contributed by atoms with E-state index in [1.807, 2.05) is 20.8 Å². The van der Waals surface area contributed by atoms with Crippen molar-refractivity contribution in [2.24, 2.45) is 5.92 Å². The Bertz CT molecular complexity index is 1010. The highest BCUT2D eigenvalue weighted by Crippen LogP contribution is 2.47. The minimum Gasteiger partial charge on any atom is -0.508 e. The lowest BCUT2D eigenvalue weighted by Crippen LogP contribution is -2.22. The third-order valence-electron chi connectivity index (χ3n) is 5.49. The molecule has 0 bridgehead atoms. The first kappa shape index (κ1) is 21.5. The molecule has 2 aromatic carbocycles. The van der Waals surface area contributed by atoms with Gasteiger partial charge in [0.15, 0.2) is 5.78 Å². The lowest BCUT2D eigenvalue weighted by molar-refractivity contribution is 0.0839. The summed E-state index contributed by atoms with van der Waals surface area (Å²) < 4.78 is 6.12. The minimum atomic E-state index is -0.702. The van der Waals surface area contributed by atoms with E-state index in [2.05, 4.69) is 12.7 Å². The number of benzene rings is 2. The van der Waals surface area contributed by atoms with Gasteiger partial charge in [-0.15, -0.1) is 0 Å². The van der Waals surface area contributed by atoms with E-state index >= 15 is 0 Å². The second-order valence-electron chi connectivity index (χ2n) is 8.15. The van der Waals surface area contributed by atoms with Crippen LogP contribution in [0.25, 0.3) is 0 Å². The number of allylic oxidation sites excluding steroid dienone is 3. The molecular weight excluding hydrogens is 380 g/mol. The van der Waals surface area contributed by atoms with Crippen LogP contribution < -0.4 is 4.74 Å². The van der Waals surface area contributed by atoms with Crippen molar-refractivity contribution in [3.05, 3.63) is 70.8 Å². The van der Waals surface area contributed by atoms with Gasteiger partial charge in [-0.2, -0.15) is 0 Å². The number of para-hydroxylation sites is 1. The lowest BCUT2D eigenvalue weighted by atomic mass is 9.86. The molecule has 2 atom stereocenters. The van der Waals surface area contributed by atoms with Crippen molar-refractivity contribution in [1.29, 1.82) is 0 Å². The molecule has 30 heavy (non-hydrogen) atoms. The number of aromatic hydroxyl groups is 3. The highest BCUT2D eigenvalue weighted by molar-refractivity contribution is 6.03. The Labute approximate surface area is 177 Å². The summed E-state index contributed by atoms with van der Waals surface area (Å²) in [6.07, 6.45) is 2.55. The fourth-order valence-electron chi connectivity index (χ4n) is 3.74. The van der Waals surface area contributed by atoms with E-state index in [0.29, 0.717) is 17.5 Å². The van der Waals surface area contributed by atoms with Crippen LogP contribution in [0.5, 0.6) is 23.0 Å². The lowest BCUT2D eigenvalue weighted by Gasteiger charge is -2.29. The van der Waals surface area contributed by atoms with Crippen molar-refractivity contribution >= 4 is 5.78 Å². The molecule has 0 saturated carbocycles. The van der Waals surface area contributed by atoms with Crippen molar-refractivity contribution in [3.63, 3.8) is 0 Å². The highest BCUT2D eigenvalue weighted by atomic mass is 16.5. The number of hydrogen-bond donors (Lipinski definition) is 3. The second-order valence-corrected chi connectivity index (χ2v) is 8.15. The maximum atomic E-state index is 12.9. The minimum absolute atomic E-state index is 0.00989. The van der Waals surface area contributed by atoms with Crippen molar-refractivity contribution in [3.8, 4) is 23.0 Å². The monoisotopic (exact) mass is 408 g/mol. The van der Waals surface area contributed by atoms with Gasteiger partial charge in [0.2, 0.25) is 0 Å². The van der Waals surface area contributed by atoms with E-state index in [1.165, 1.54) is 17.7 Å². The Morgan fingerprint density at radius 3 is 2.50 bits per heavy atom. The van der Waals surface area contributed by atoms with Gasteiger partial charge in [-0.3, -0.25) is 4.79 Å². The molecule has 1 aliphatic heterocycles. The molecule has 0 fully saturated rings. The number of ketones is 1. The Hall–Kier alpha value is -3.21. The summed E-state index contributed by atoms with van der Waals surface area (Å²) in [5.41, 5.74) is 3.17. The van der Waals surface area contributed by atoms with Crippen LogP contribution in [0.3, 0.4) is 0 Å². The zero-order valence-corrected chi connectivity index (χ0v) is 17.6. The first-order chi connectivity index (χ1) is 14.2. The first-order valence-corrected chi connectivity index (χ1v) is 10.0. The number of hydrogen-bond acceptors (Lipinski definition) is 5. The number of fused-ring (bicyclic) bond motifs is 1. The second kappa shape index (κ2) is 8.66. The Balaban J connectivity index is 2.05. The van der Waals surface area contributed by atoms with Crippen LogP contribution in [-0.2, 0) is 6.42 Å². The van der Waals surface area contributed by atoms with E-state index < -0.39 is 6.10 Å². The molecule has 0 spiro atoms. The van der Waals surface area contributed by atoms with Crippen LogP contribution in [0.2, 0.25) is 0 Å². The smallest absolute Gasteiger partial charge is 0.174 e.